The zero-order chi connectivity index (χ0) is 14.8. The van der Waals surface area contributed by atoms with Crippen LogP contribution < -0.4 is 5.32 Å². The van der Waals surface area contributed by atoms with Gasteiger partial charge in [-0.15, -0.1) is 0 Å². The standard InChI is InChI=1S/C13H15F5N2/c14-9-2-1-3-10(15)12(9)11(8-13(16,17)18)20-6-4-19-5-7-20/h1-3,11,19H,4-8H2/t11-/m0/s1. The molecule has 112 valence electrons. The Bertz CT molecular complexity index is 434. The summed E-state index contributed by atoms with van der Waals surface area (Å²) in [4.78, 5) is 1.48. The van der Waals surface area contributed by atoms with E-state index in [9.17, 15) is 22.0 Å². The Labute approximate surface area is 113 Å². The molecule has 1 atom stereocenters. The Balaban J connectivity index is 2.34. The summed E-state index contributed by atoms with van der Waals surface area (Å²) in [6.45, 7) is 1.66. The number of halogens is 5. The van der Waals surface area contributed by atoms with Gasteiger partial charge in [0.1, 0.15) is 11.6 Å². The number of alkyl halides is 3. The molecule has 0 bridgehead atoms. The fraction of sp³-hybridized carbons (Fsp3) is 0.538. The maximum atomic E-state index is 13.8. The van der Waals surface area contributed by atoms with Crippen LogP contribution in [0.25, 0.3) is 0 Å². The molecule has 1 aliphatic rings. The van der Waals surface area contributed by atoms with Gasteiger partial charge in [-0.25, -0.2) is 8.78 Å². The van der Waals surface area contributed by atoms with Crippen molar-refractivity contribution in [2.75, 3.05) is 26.2 Å². The fourth-order valence-corrected chi connectivity index (χ4v) is 2.46. The van der Waals surface area contributed by atoms with Crippen molar-refractivity contribution in [3.63, 3.8) is 0 Å². The predicted molar refractivity (Wildman–Crippen MR) is 64.2 cm³/mol. The smallest absolute Gasteiger partial charge is 0.314 e. The first-order chi connectivity index (χ1) is 9.38. The monoisotopic (exact) mass is 294 g/mol. The van der Waals surface area contributed by atoms with E-state index >= 15 is 0 Å². The first-order valence-electron chi connectivity index (χ1n) is 6.34. The molecule has 7 heteroatoms. The average Bonchev–Trinajstić information content (AvgIpc) is 2.37. The minimum atomic E-state index is -4.48. The van der Waals surface area contributed by atoms with E-state index in [-0.39, 0.29) is 0 Å². The predicted octanol–water partition coefficient (Wildman–Crippen LogP) is 2.86. The summed E-state index contributed by atoms with van der Waals surface area (Å²) in [7, 11) is 0. The number of nitrogens with one attached hydrogen (secondary N) is 1. The van der Waals surface area contributed by atoms with Crippen LogP contribution in [-0.4, -0.2) is 37.3 Å². The van der Waals surface area contributed by atoms with Crippen LogP contribution in [-0.2, 0) is 0 Å². The number of piperazine rings is 1. The number of rotatable bonds is 3. The molecular weight excluding hydrogens is 279 g/mol. The molecule has 2 nitrogen and oxygen atoms in total. The first-order valence-corrected chi connectivity index (χ1v) is 6.34. The van der Waals surface area contributed by atoms with Crippen LogP contribution in [0.4, 0.5) is 22.0 Å². The Kier molecular flexibility index (Phi) is 4.59. The van der Waals surface area contributed by atoms with Crippen LogP contribution in [0.15, 0.2) is 18.2 Å². The van der Waals surface area contributed by atoms with E-state index in [1.54, 1.807) is 0 Å². The van der Waals surface area contributed by atoms with Gasteiger partial charge in [-0.2, -0.15) is 13.2 Å². The molecule has 1 saturated heterocycles. The number of nitrogens with zero attached hydrogens (tertiary/aromatic N) is 1. The van der Waals surface area contributed by atoms with Crippen molar-refractivity contribution < 1.29 is 22.0 Å². The highest BCUT2D eigenvalue weighted by molar-refractivity contribution is 5.24. The van der Waals surface area contributed by atoms with E-state index in [0.717, 1.165) is 18.2 Å². The number of hydrogen-bond acceptors (Lipinski definition) is 2. The van der Waals surface area contributed by atoms with Crippen LogP contribution in [0.3, 0.4) is 0 Å². The minimum Gasteiger partial charge on any atom is -0.314 e. The molecule has 0 spiro atoms. The minimum absolute atomic E-state index is 0.328. The maximum absolute atomic E-state index is 13.8. The van der Waals surface area contributed by atoms with E-state index < -0.39 is 35.8 Å². The van der Waals surface area contributed by atoms with Gasteiger partial charge in [-0.05, 0) is 12.1 Å². The summed E-state index contributed by atoms with van der Waals surface area (Å²) in [6.07, 6.45) is -5.74. The highest BCUT2D eigenvalue weighted by Crippen LogP contribution is 2.36. The lowest BCUT2D eigenvalue weighted by Gasteiger charge is -2.35. The van der Waals surface area contributed by atoms with E-state index in [0.29, 0.717) is 26.2 Å². The molecule has 0 radical (unpaired) electrons. The van der Waals surface area contributed by atoms with Gasteiger partial charge in [0.05, 0.1) is 6.42 Å². The van der Waals surface area contributed by atoms with Crippen molar-refractivity contribution in [2.24, 2.45) is 0 Å². The topological polar surface area (TPSA) is 15.3 Å². The van der Waals surface area contributed by atoms with Crippen LogP contribution in [0.5, 0.6) is 0 Å². The van der Waals surface area contributed by atoms with Gasteiger partial charge in [0, 0.05) is 37.8 Å². The van der Waals surface area contributed by atoms with Gasteiger partial charge in [0.15, 0.2) is 0 Å². The van der Waals surface area contributed by atoms with Crippen molar-refractivity contribution in [1.29, 1.82) is 0 Å². The van der Waals surface area contributed by atoms with Crippen molar-refractivity contribution in [3.05, 3.63) is 35.4 Å². The quantitative estimate of drug-likeness (QED) is 0.862. The summed E-state index contributed by atoms with van der Waals surface area (Å²) in [5.41, 5.74) is -0.494. The Morgan fingerprint density at radius 1 is 1.10 bits per heavy atom. The van der Waals surface area contributed by atoms with Crippen LogP contribution in [0.2, 0.25) is 0 Å². The average molecular weight is 294 g/mol. The van der Waals surface area contributed by atoms with Gasteiger partial charge in [0.2, 0.25) is 0 Å². The second kappa shape index (κ2) is 6.05. The molecular formula is C13H15F5N2. The third kappa shape index (κ3) is 3.67. The Morgan fingerprint density at radius 3 is 2.15 bits per heavy atom. The second-order valence-electron chi connectivity index (χ2n) is 4.76. The van der Waals surface area contributed by atoms with Gasteiger partial charge in [-0.3, -0.25) is 4.90 Å². The molecule has 1 fully saturated rings. The van der Waals surface area contributed by atoms with E-state index in [1.165, 1.54) is 4.90 Å². The van der Waals surface area contributed by atoms with Crippen molar-refractivity contribution in [2.45, 2.75) is 18.6 Å². The molecule has 1 N–H and O–H groups in total. The third-order valence-electron chi connectivity index (χ3n) is 3.35. The Hall–Kier alpha value is -1.21. The molecule has 2 rings (SSSR count). The summed E-state index contributed by atoms with van der Waals surface area (Å²) >= 11 is 0. The first kappa shape index (κ1) is 15.2. The summed E-state index contributed by atoms with van der Waals surface area (Å²) in [6, 6.07) is 1.81. The lowest BCUT2D eigenvalue weighted by Crippen LogP contribution is -2.46. The molecule has 0 aromatic heterocycles. The van der Waals surface area contributed by atoms with Crippen LogP contribution >= 0.6 is 0 Å². The van der Waals surface area contributed by atoms with Crippen molar-refractivity contribution in [3.8, 4) is 0 Å². The van der Waals surface area contributed by atoms with Gasteiger partial charge in [0.25, 0.3) is 0 Å². The van der Waals surface area contributed by atoms with Crippen molar-refractivity contribution in [1.82, 2.24) is 10.2 Å². The lowest BCUT2D eigenvalue weighted by molar-refractivity contribution is -0.149. The second-order valence-corrected chi connectivity index (χ2v) is 4.76. The maximum Gasteiger partial charge on any atom is 0.390 e. The van der Waals surface area contributed by atoms with Gasteiger partial charge in [-0.1, -0.05) is 6.07 Å². The zero-order valence-corrected chi connectivity index (χ0v) is 10.7. The molecule has 1 heterocycles. The molecule has 1 aromatic carbocycles. The number of benzene rings is 1. The normalized spacial score (nSPS) is 19.1. The van der Waals surface area contributed by atoms with Crippen LogP contribution in [0.1, 0.15) is 18.0 Å². The molecule has 0 saturated carbocycles. The van der Waals surface area contributed by atoms with E-state index in [2.05, 4.69) is 5.32 Å². The molecule has 1 aliphatic heterocycles. The van der Waals surface area contributed by atoms with E-state index in [1.807, 2.05) is 0 Å². The SMILES string of the molecule is Fc1cccc(F)c1[C@H](CC(F)(F)F)N1CCNCC1. The Morgan fingerprint density at radius 2 is 1.65 bits per heavy atom. The van der Waals surface area contributed by atoms with E-state index in [4.69, 9.17) is 0 Å². The number of hydrogen-bond donors (Lipinski definition) is 1. The fourth-order valence-electron chi connectivity index (χ4n) is 2.46. The largest absolute Gasteiger partial charge is 0.390 e. The third-order valence-corrected chi connectivity index (χ3v) is 3.35. The molecule has 0 amide bonds. The zero-order valence-electron chi connectivity index (χ0n) is 10.7. The summed E-state index contributed by atoms with van der Waals surface area (Å²) in [5, 5.41) is 3.00. The molecule has 1 aromatic rings. The highest BCUT2D eigenvalue weighted by Gasteiger charge is 2.38. The highest BCUT2D eigenvalue weighted by atomic mass is 19.4. The molecule has 0 aliphatic carbocycles. The van der Waals surface area contributed by atoms with Crippen molar-refractivity contribution >= 4 is 0 Å². The van der Waals surface area contributed by atoms with Crippen LogP contribution in [0, 0.1) is 11.6 Å². The van der Waals surface area contributed by atoms with Gasteiger partial charge < -0.3 is 5.32 Å². The summed E-state index contributed by atoms with van der Waals surface area (Å²) in [5.74, 6) is -1.87. The van der Waals surface area contributed by atoms with Gasteiger partial charge >= 0.3 is 6.18 Å². The lowest BCUT2D eigenvalue weighted by atomic mass is 9.99. The molecule has 0 unspecified atom stereocenters. The summed E-state index contributed by atoms with van der Waals surface area (Å²) < 4.78 is 65.7. The molecule has 20 heavy (non-hydrogen) atoms.